The average Bonchev–Trinajstić information content (AvgIpc) is 2.69. The van der Waals surface area contributed by atoms with Gasteiger partial charge in [0, 0.05) is 15.4 Å². The van der Waals surface area contributed by atoms with Crippen LogP contribution in [0.3, 0.4) is 0 Å². The van der Waals surface area contributed by atoms with Gasteiger partial charge >= 0.3 is 0 Å². The molecule has 1 aromatic heterocycles. The first-order valence-electron chi connectivity index (χ1n) is 6.12. The van der Waals surface area contributed by atoms with Crippen LogP contribution in [0.25, 0.3) is 0 Å². The molecule has 0 aromatic carbocycles. The van der Waals surface area contributed by atoms with E-state index in [2.05, 4.69) is 46.7 Å². The molecule has 90 valence electrons. The zero-order chi connectivity index (χ0) is 11.5. The Morgan fingerprint density at radius 3 is 2.56 bits per heavy atom. The minimum atomic E-state index is 0.543. The van der Waals surface area contributed by atoms with Crippen molar-refractivity contribution >= 4 is 27.3 Å². The SMILES string of the molecule is CNC(c1sccc1Br)C1CCC(C)CC1. The molecule has 1 fully saturated rings. The zero-order valence-electron chi connectivity index (χ0n) is 10.0. The average molecular weight is 302 g/mol. The van der Waals surface area contributed by atoms with Gasteiger partial charge in [-0.05, 0) is 59.1 Å². The van der Waals surface area contributed by atoms with E-state index in [0.717, 1.165) is 11.8 Å². The van der Waals surface area contributed by atoms with Crippen LogP contribution in [0.5, 0.6) is 0 Å². The van der Waals surface area contributed by atoms with Crippen molar-refractivity contribution in [1.29, 1.82) is 0 Å². The molecule has 1 aromatic rings. The van der Waals surface area contributed by atoms with E-state index in [1.165, 1.54) is 35.0 Å². The van der Waals surface area contributed by atoms with Crippen molar-refractivity contribution in [1.82, 2.24) is 5.32 Å². The minimum absolute atomic E-state index is 0.543. The molecule has 0 saturated heterocycles. The van der Waals surface area contributed by atoms with E-state index in [1.54, 1.807) is 0 Å². The van der Waals surface area contributed by atoms with Crippen molar-refractivity contribution < 1.29 is 0 Å². The molecule has 1 saturated carbocycles. The van der Waals surface area contributed by atoms with E-state index in [9.17, 15) is 0 Å². The number of rotatable bonds is 3. The number of nitrogens with one attached hydrogen (secondary N) is 1. The van der Waals surface area contributed by atoms with Gasteiger partial charge in [0.25, 0.3) is 0 Å². The lowest BCUT2D eigenvalue weighted by atomic mass is 9.79. The van der Waals surface area contributed by atoms with Gasteiger partial charge in [-0.25, -0.2) is 0 Å². The van der Waals surface area contributed by atoms with Crippen LogP contribution < -0.4 is 5.32 Å². The van der Waals surface area contributed by atoms with Crippen molar-refractivity contribution in [2.24, 2.45) is 11.8 Å². The largest absolute Gasteiger partial charge is 0.312 e. The van der Waals surface area contributed by atoms with Gasteiger partial charge in [-0.15, -0.1) is 11.3 Å². The predicted molar refractivity (Wildman–Crippen MR) is 74.9 cm³/mol. The van der Waals surface area contributed by atoms with Crippen LogP contribution in [-0.2, 0) is 0 Å². The minimum Gasteiger partial charge on any atom is -0.312 e. The fourth-order valence-corrected chi connectivity index (χ4v) is 4.55. The molecule has 1 atom stereocenters. The third kappa shape index (κ3) is 2.69. The van der Waals surface area contributed by atoms with Crippen molar-refractivity contribution in [3.63, 3.8) is 0 Å². The summed E-state index contributed by atoms with van der Waals surface area (Å²) in [6.45, 7) is 2.38. The molecule has 16 heavy (non-hydrogen) atoms. The quantitative estimate of drug-likeness (QED) is 0.860. The molecule has 0 radical (unpaired) electrons. The molecule has 1 aliphatic carbocycles. The number of hydrogen-bond donors (Lipinski definition) is 1. The topological polar surface area (TPSA) is 12.0 Å². The van der Waals surface area contributed by atoms with Gasteiger partial charge in [0.15, 0.2) is 0 Å². The van der Waals surface area contributed by atoms with Crippen LogP contribution in [0.2, 0.25) is 0 Å². The highest BCUT2D eigenvalue weighted by Gasteiger charge is 2.27. The van der Waals surface area contributed by atoms with Crippen molar-refractivity contribution in [2.45, 2.75) is 38.6 Å². The zero-order valence-corrected chi connectivity index (χ0v) is 12.4. The standard InChI is InChI=1S/C13H20BrNS/c1-9-3-5-10(6-4-9)12(15-2)13-11(14)7-8-16-13/h7-10,12,15H,3-6H2,1-2H3. The molecule has 1 heterocycles. The van der Waals surface area contributed by atoms with Crippen LogP contribution in [0.4, 0.5) is 0 Å². The van der Waals surface area contributed by atoms with Gasteiger partial charge in [-0.1, -0.05) is 19.8 Å². The van der Waals surface area contributed by atoms with Gasteiger partial charge in [-0.2, -0.15) is 0 Å². The Balaban J connectivity index is 2.08. The fourth-order valence-electron chi connectivity index (χ4n) is 2.73. The first-order valence-corrected chi connectivity index (χ1v) is 7.79. The number of hydrogen-bond acceptors (Lipinski definition) is 2. The second-order valence-corrected chi connectivity index (χ2v) is 6.72. The van der Waals surface area contributed by atoms with Crippen molar-refractivity contribution in [2.75, 3.05) is 7.05 Å². The molecule has 1 nitrogen and oxygen atoms in total. The number of thiophene rings is 1. The highest BCUT2D eigenvalue weighted by atomic mass is 79.9. The van der Waals surface area contributed by atoms with Crippen molar-refractivity contribution in [3.05, 3.63) is 20.8 Å². The summed E-state index contributed by atoms with van der Waals surface area (Å²) in [6, 6.07) is 2.71. The summed E-state index contributed by atoms with van der Waals surface area (Å²) in [7, 11) is 2.09. The fraction of sp³-hybridized carbons (Fsp3) is 0.692. The lowest BCUT2D eigenvalue weighted by Crippen LogP contribution is -2.27. The van der Waals surface area contributed by atoms with Gasteiger partial charge in [-0.3, -0.25) is 0 Å². The van der Waals surface area contributed by atoms with E-state index < -0.39 is 0 Å². The van der Waals surface area contributed by atoms with Crippen LogP contribution in [-0.4, -0.2) is 7.05 Å². The van der Waals surface area contributed by atoms with Gasteiger partial charge in [0.2, 0.25) is 0 Å². The van der Waals surface area contributed by atoms with Crippen LogP contribution >= 0.6 is 27.3 Å². The van der Waals surface area contributed by atoms with Gasteiger partial charge < -0.3 is 5.32 Å². The Morgan fingerprint density at radius 1 is 1.38 bits per heavy atom. The molecule has 1 aliphatic rings. The second-order valence-electron chi connectivity index (χ2n) is 4.92. The Bertz CT molecular complexity index is 328. The summed E-state index contributed by atoms with van der Waals surface area (Å²) in [5.41, 5.74) is 0. The highest BCUT2D eigenvalue weighted by Crippen LogP contribution is 2.40. The summed E-state index contributed by atoms with van der Waals surface area (Å²) in [4.78, 5) is 1.47. The van der Waals surface area contributed by atoms with E-state index >= 15 is 0 Å². The summed E-state index contributed by atoms with van der Waals surface area (Å²) in [5.74, 6) is 1.75. The van der Waals surface area contributed by atoms with Crippen LogP contribution in [0, 0.1) is 11.8 Å². The summed E-state index contributed by atoms with van der Waals surface area (Å²) < 4.78 is 1.27. The molecule has 3 heteroatoms. The van der Waals surface area contributed by atoms with Gasteiger partial charge in [0.1, 0.15) is 0 Å². The third-order valence-corrected chi connectivity index (χ3v) is 5.72. The first kappa shape index (κ1) is 12.6. The molecule has 1 unspecified atom stereocenters. The monoisotopic (exact) mass is 301 g/mol. The maximum atomic E-state index is 3.66. The normalized spacial score (nSPS) is 27.9. The van der Waals surface area contributed by atoms with E-state index in [0.29, 0.717) is 6.04 Å². The summed E-state index contributed by atoms with van der Waals surface area (Å²) in [5, 5.41) is 5.69. The highest BCUT2D eigenvalue weighted by molar-refractivity contribution is 9.10. The molecule has 2 rings (SSSR count). The van der Waals surface area contributed by atoms with E-state index in [1.807, 2.05) is 11.3 Å². The smallest absolute Gasteiger partial charge is 0.0452 e. The second kappa shape index (κ2) is 5.65. The van der Waals surface area contributed by atoms with E-state index in [-0.39, 0.29) is 0 Å². The maximum Gasteiger partial charge on any atom is 0.0452 e. The molecule has 0 amide bonds. The maximum absolute atomic E-state index is 3.66. The van der Waals surface area contributed by atoms with Crippen molar-refractivity contribution in [3.8, 4) is 0 Å². The molecule has 1 N–H and O–H groups in total. The molecule has 0 bridgehead atoms. The first-order chi connectivity index (χ1) is 7.72. The van der Waals surface area contributed by atoms with Crippen LogP contribution in [0.15, 0.2) is 15.9 Å². The number of halogens is 1. The Morgan fingerprint density at radius 2 is 2.06 bits per heavy atom. The Hall–Kier alpha value is 0.140. The molecule has 0 aliphatic heterocycles. The molecule has 0 spiro atoms. The molecular weight excluding hydrogens is 282 g/mol. The lowest BCUT2D eigenvalue weighted by Gasteiger charge is -2.32. The summed E-state index contributed by atoms with van der Waals surface area (Å²) in [6.07, 6.45) is 5.53. The Kier molecular flexibility index (Phi) is 4.45. The summed E-state index contributed by atoms with van der Waals surface area (Å²) >= 11 is 5.52. The Labute approximate surface area is 111 Å². The predicted octanol–water partition coefficient (Wildman–Crippen LogP) is 4.60. The molecular formula is C13H20BrNS. The van der Waals surface area contributed by atoms with E-state index in [4.69, 9.17) is 0 Å². The van der Waals surface area contributed by atoms with Crippen LogP contribution in [0.1, 0.15) is 43.5 Å². The lowest BCUT2D eigenvalue weighted by molar-refractivity contribution is 0.239. The third-order valence-electron chi connectivity index (χ3n) is 3.77. The van der Waals surface area contributed by atoms with Gasteiger partial charge in [0.05, 0.1) is 0 Å².